The Morgan fingerprint density at radius 1 is 1.48 bits per heavy atom. The van der Waals surface area contributed by atoms with Crippen molar-refractivity contribution >= 4 is 29.3 Å². The number of benzene rings is 1. The highest BCUT2D eigenvalue weighted by Crippen LogP contribution is 2.34. The molecule has 0 amide bonds. The topological polar surface area (TPSA) is 40.5 Å². The van der Waals surface area contributed by atoms with E-state index in [4.69, 9.17) is 16.7 Å². The Bertz CT molecular complexity index is 536. The highest BCUT2D eigenvalue weighted by molar-refractivity contribution is 6.32. The number of halogens is 1. The highest BCUT2D eigenvalue weighted by atomic mass is 35.5. The zero-order valence-electron chi connectivity index (χ0n) is 12.6. The molecule has 0 heterocycles. The first-order chi connectivity index (χ1) is 9.97. The van der Waals surface area contributed by atoms with Crippen LogP contribution in [0.2, 0.25) is 5.02 Å². The van der Waals surface area contributed by atoms with E-state index < -0.39 is 5.97 Å². The van der Waals surface area contributed by atoms with E-state index in [9.17, 15) is 4.79 Å². The number of anilines is 1. The molecule has 1 aliphatic rings. The fourth-order valence-electron chi connectivity index (χ4n) is 2.30. The first-order valence-corrected chi connectivity index (χ1v) is 7.82. The van der Waals surface area contributed by atoms with Crippen LogP contribution < -0.4 is 4.90 Å². The Kier molecular flexibility index (Phi) is 5.29. The number of carboxylic acids is 1. The molecule has 4 heteroatoms. The van der Waals surface area contributed by atoms with E-state index >= 15 is 0 Å². The Morgan fingerprint density at radius 2 is 2.19 bits per heavy atom. The van der Waals surface area contributed by atoms with Crippen LogP contribution in [-0.4, -0.2) is 23.7 Å². The van der Waals surface area contributed by atoms with Gasteiger partial charge < -0.3 is 10.0 Å². The van der Waals surface area contributed by atoms with Gasteiger partial charge in [-0.05, 0) is 49.0 Å². The van der Waals surface area contributed by atoms with Crippen molar-refractivity contribution in [3.05, 3.63) is 34.9 Å². The van der Waals surface area contributed by atoms with Gasteiger partial charge in [0, 0.05) is 29.4 Å². The summed E-state index contributed by atoms with van der Waals surface area (Å²) in [5, 5.41) is 9.27. The van der Waals surface area contributed by atoms with Crippen molar-refractivity contribution in [2.24, 2.45) is 5.92 Å². The predicted molar refractivity (Wildman–Crippen MR) is 87.9 cm³/mol. The Hall–Kier alpha value is -1.48. The van der Waals surface area contributed by atoms with Crippen molar-refractivity contribution in [1.29, 1.82) is 0 Å². The molecular formula is C17H22ClNO2. The number of nitrogens with zero attached hydrogens (tertiary/aromatic N) is 1. The lowest BCUT2D eigenvalue weighted by atomic mass is 10.1. The summed E-state index contributed by atoms with van der Waals surface area (Å²) in [5.74, 6) is -0.286. The second-order valence-electron chi connectivity index (χ2n) is 5.98. The van der Waals surface area contributed by atoms with E-state index in [1.165, 1.54) is 18.9 Å². The van der Waals surface area contributed by atoms with Crippen molar-refractivity contribution in [3.63, 3.8) is 0 Å². The standard InChI is InChI=1S/C17H22ClNO2/c1-12(2)9-10-19(14-6-7-14)15-5-3-13(16(18)11-15)4-8-17(20)21/h3-5,8,11-12,14H,6-7,9-10H2,1-2H3,(H,20,21)/b8-4+. The minimum atomic E-state index is -0.966. The molecule has 0 atom stereocenters. The van der Waals surface area contributed by atoms with E-state index in [1.54, 1.807) is 0 Å². The molecule has 1 aromatic rings. The molecule has 1 saturated carbocycles. The molecule has 3 nitrogen and oxygen atoms in total. The third-order valence-electron chi connectivity index (χ3n) is 3.66. The van der Waals surface area contributed by atoms with Crippen LogP contribution in [0.25, 0.3) is 6.08 Å². The summed E-state index contributed by atoms with van der Waals surface area (Å²) in [6.07, 6.45) is 6.30. The maximum atomic E-state index is 10.6. The Labute approximate surface area is 131 Å². The Balaban J connectivity index is 2.14. The van der Waals surface area contributed by atoms with Crippen LogP contribution in [0.1, 0.15) is 38.7 Å². The molecule has 1 aliphatic carbocycles. The number of carbonyl (C=O) groups is 1. The molecule has 114 valence electrons. The molecule has 0 bridgehead atoms. The lowest BCUT2D eigenvalue weighted by molar-refractivity contribution is -0.131. The molecule has 1 aromatic carbocycles. The monoisotopic (exact) mass is 307 g/mol. The van der Waals surface area contributed by atoms with Gasteiger partial charge in [0.25, 0.3) is 0 Å². The summed E-state index contributed by atoms with van der Waals surface area (Å²) in [7, 11) is 0. The molecule has 0 aliphatic heterocycles. The molecule has 0 radical (unpaired) electrons. The van der Waals surface area contributed by atoms with Crippen LogP contribution in [0.3, 0.4) is 0 Å². The van der Waals surface area contributed by atoms with E-state index in [0.29, 0.717) is 17.0 Å². The average molecular weight is 308 g/mol. The maximum absolute atomic E-state index is 10.6. The van der Waals surface area contributed by atoms with Crippen LogP contribution in [0.15, 0.2) is 24.3 Å². The molecule has 2 rings (SSSR count). The zero-order chi connectivity index (χ0) is 15.4. The van der Waals surface area contributed by atoms with Gasteiger partial charge in [0.05, 0.1) is 0 Å². The summed E-state index contributed by atoms with van der Waals surface area (Å²) in [6.45, 7) is 5.51. The minimum Gasteiger partial charge on any atom is -0.478 e. The zero-order valence-corrected chi connectivity index (χ0v) is 13.3. The molecule has 1 N–H and O–H groups in total. The number of rotatable bonds is 7. The SMILES string of the molecule is CC(C)CCN(c1ccc(/C=C/C(=O)O)c(Cl)c1)C1CC1. The lowest BCUT2D eigenvalue weighted by Crippen LogP contribution is -2.27. The molecule has 1 fully saturated rings. The normalized spacial score (nSPS) is 14.9. The van der Waals surface area contributed by atoms with Crippen LogP contribution in [0.4, 0.5) is 5.69 Å². The average Bonchev–Trinajstić information content (AvgIpc) is 3.22. The third kappa shape index (κ3) is 4.78. The predicted octanol–water partition coefficient (Wildman–Crippen LogP) is 4.45. The highest BCUT2D eigenvalue weighted by Gasteiger charge is 2.29. The van der Waals surface area contributed by atoms with Gasteiger partial charge >= 0.3 is 5.97 Å². The number of aliphatic carboxylic acids is 1. The first kappa shape index (κ1) is 15.9. The first-order valence-electron chi connectivity index (χ1n) is 7.44. The summed E-state index contributed by atoms with van der Waals surface area (Å²) in [5.41, 5.74) is 1.87. The van der Waals surface area contributed by atoms with Crippen molar-refractivity contribution in [1.82, 2.24) is 0 Å². The smallest absolute Gasteiger partial charge is 0.328 e. The largest absolute Gasteiger partial charge is 0.478 e. The fraction of sp³-hybridized carbons (Fsp3) is 0.471. The van der Waals surface area contributed by atoms with Gasteiger partial charge in [0.1, 0.15) is 0 Å². The van der Waals surface area contributed by atoms with Crippen LogP contribution in [-0.2, 0) is 4.79 Å². The van der Waals surface area contributed by atoms with Gasteiger partial charge in [0.2, 0.25) is 0 Å². The van der Waals surface area contributed by atoms with Crippen molar-refractivity contribution in [3.8, 4) is 0 Å². The van der Waals surface area contributed by atoms with E-state index in [1.807, 2.05) is 18.2 Å². The summed E-state index contributed by atoms with van der Waals surface area (Å²) in [6, 6.07) is 6.51. The van der Waals surface area contributed by atoms with Gasteiger partial charge in [-0.1, -0.05) is 31.5 Å². The van der Waals surface area contributed by atoms with E-state index in [-0.39, 0.29) is 0 Å². The second-order valence-corrected chi connectivity index (χ2v) is 6.39. The summed E-state index contributed by atoms with van der Waals surface area (Å²) in [4.78, 5) is 13.0. The lowest BCUT2D eigenvalue weighted by Gasteiger charge is -2.26. The third-order valence-corrected chi connectivity index (χ3v) is 3.98. The van der Waals surface area contributed by atoms with Gasteiger partial charge in [-0.15, -0.1) is 0 Å². The van der Waals surface area contributed by atoms with Crippen molar-refractivity contribution in [2.75, 3.05) is 11.4 Å². The van der Waals surface area contributed by atoms with Gasteiger partial charge in [-0.3, -0.25) is 0 Å². The number of carboxylic acid groups (broad SMARTS) is 1. The molecule has 0 unspecified atom stereocenters. The van der Waals surface area contributed by atoms with E-state index in [2.05, 4.69) is 18.7 Å². The quantitative estimate of drug-likeness (QED) is 0.756. The van der Waals surface area contributed by atoms with Crippen molar-refractivity contribution in [2.45, 2.75) is 39.2 Å². The Morgan fingerprint density at radius 3 is 2.71 bits per heavy atom. The summed E-state index contributed by atoms with van der Waals surface area (Å²) < 4.78 is 0. The minimum absolute atomic E-state index is 0.597. The van der Waals surface area contributed by atoms with Crippen LogP contribution in [0, 0.1) is 5.92 Å². The number of hydrogen-bond acceptors (Lipinski definition) is 2. The van der Waals surface area contributed by atoms with Crippen LogP contribution in [0.5, 0.6) is 0 Å². The molecule has 0 spiro atoms. The molecular weight excluding hydrogens is 286 g/mol. The number of hydrogen-bond donors (Lipinski definition) is 1. The van der Waals surface area contributed by atoms with Gasteiger partial charge in [-0.25, -0.2) is 4.79 Å². The van der Waals surface area contributed by atoms with Gasteiger partial charge in [0.15, 0.2) is 0 Å². The van der Waals surface area contributed by atoms with E-state index in [0.717, 1.165) is 30.3 Å². The summed E-state index contributed by atoms with van der Waals surface area (Å²) >= 11 is 6.27. The molecule has 21 heavy (non-hydrogen) atoms. The molecule has 0 aromatic heterocycles. The fourth-order valence-corrected chi connectivity index (χ4v) is 2.53. The second kappa shape index (κ2) is 6.99. The van der Waals surface area contributed by atoms with Crippen molar-refractivity contribution < 1.29 is 9.90 Å². The maximum Gasteiger partial charge on any atom is 0.328 e. The molecule has 0 saturated heterocycles. The van der Waals surface area contributed by atoms with Gasteiger partial charge in [-0.2, -0.15) is 0 Å². The van der Waals surface area contributed by atoms with Crippen LogP contribution >= 0.6 is 11.6 Å².